The summed E-state index contributed by atoms with van der Waals surface area (Å²) in [6, 6.07) is 6.42. The van der Waals surface area contributed by atoms with Gasteiger partial charge in [0.05, 0.1) is 19.2 Å². The lowest BCUT2D eigenvalue weighted by molar-refractivity contribution is 0.266. The number of nitrogens with zero attached hydrogens (tertiary/aromatic N) is 3. The van der Waals surface area contributed by atoms with Crippen LogP contribution in [0.3, 0.4) is 0 Å². The molecule has 2 aromatic heterocycles. The Morgan fingerprint density at radius 2 is 2.33 bits per heavy atom. The second-order valence-electron chi connectivity index (χ2n) is 5.30. The van der Waals surface area contributed by atoms with Crippen molar-refractivity contribution in [1.82, 2.24) is 9.97 Å². The first kappa shape index (κ1) is 14.3. The average Bonchev–Trinajstić information content (AvgIpc) is 3.14. The third-order valence-electron chi connectivity index (χ3n) is 3.77. The van der Waals surface area contributed by atoms with E-state index in [4.69, 9.17) is 0 Å². The van der Waals surface area contributed by atoms with Crippen molar-refractivity contribution in [3.63, 3.8) is 0 Å². The summed E-state index contributed by atoms with van der Waals surface area (Å²) in [6.45, 7) is 4.02. The summed E-state index contributed by atoms with van der Waals surface area (Å²) in [6.07, 6.45) is 3.72. The molecule has 3 heterocycles. The number of nitrogens with one attached hydrogen (secondary N) is 1. The maximum atomic E-state index is 9.42. The summed E-state index contributed by atoms with van der Waals surface area (Å²) in [7, 11) is 0. The quantitative estimate of drug-likeness (QED) is 0.888. The van der Waals surface area contributed by atoms with Crippen LogP contribution in [0.1, 0.15) is 22.6 Å². The number of hydrogen-bond donors (Lipinski definition) is 2. The van der Waals surface area contributed by atoms with Gasteiger partial charge in [-0.2, -0.15) is 0 Å². The number of hydrogen-bond acceptors (Lipinski definition) is 6. The molecule has 1 fully saturated rings. The summed E-state index contributed by atoms with van der Waals surface area (Å²) < 4.78 is 0. The van der Waals surface area contributed by atoms with Crippen LogP contribution >= 0.6 is 11.3 Å². The Hall–Kier alpha value is -1.66. The van der Waals surface area contributed by atoms with Gasteiger partial charge >= 0.3 is 0 Å². The van der Waals surface area contributed by atoms with Gasteiger partial charge in [-0.3, -0.25) is 0 Å². The molecule has 2 N–H and O–H groups in total. The summed E-state index contributed by atoms with van der Waals surface area (Å²) in [4.78, 5) is 13.4. The zero-order valence-electron chi connectivity index (χ0n) is 12.1. The third-order valence-corrected chi connectivity index (χ3v) is 4.78. The van der Waals surface area contributed by atoms with Crippen LogP contribution in [-0.4, -0.2) is 34.3 Å². The number of aryl methyl sites for hydroxylation is 1. The lowest BCUT2D eigenvalue weighted by Crippen LogP contribution is -2.32. The Morgan fingerprint density at radius 3 is 3.10 bits per heavy atom. The summed E-state index contributed by atoms with van der Waals surface area (Å²) >= 11 is 1.79. The minimum atomic E-state index is 0.182. The molecule has 6 heteroatoms. The molecule has 21 heavy (non-hydrogen) atoms. The van der Waals surface area contributed by atoms with Crippen molar-refractivity contribution < 1.29 is 5.11 Å². The number of aromatic nitrogens is 2. The fourth-order valence-electron chi connectivity index (χ4n) is 2.69. The summed E-state index contributed by atoms with van der Waals surface area (Å²) in [5.41, 5.74) is 0. The number of rotatable bonds is 5. The van der Waals surface area contributed by atoms with E-state index < -0.39 is 0 Å². The molecule has 0 radical (unpaired) electrons. The number of thiophene rings is 1. The van der Waals surface area contributed by atoms with E-state index in [9.17, 15) is 5.11 Å². The Morgan fingerprint density at radius 1 is 1.43 bits per heavy atom. The highest BCUT2D eigenvalue weighted by Crippen LogP contribution is 2.25. The lowest BCUT2D eigenvalue weighted by Gasteiger charge is -2.24. The standard InChI is InChI=1S/C15H20N4OS/c1-11-4-5-13(21-11)8-16-14-7-15(18-10-17-14)19-6-2-3-12(19)9-20/h4-5,7,10,12,20H,2-3,6,8-9H2,1H3,(H,16,17,18)/t12-/m0/s1. The molecule has 3 rings (SSSR count). The molecule has 1 aliphatic heterocycles. The molecular formula is C15H20N4OS. The highest BCUT2D eigenvalue weighted by atomic mass is 32.1. The van der Waals surface area contributed by atoms with Crippen LogP contribution in [0.15, 0.2) is 24.5 Å². The molecule has 1 atom stereocenters. The van der Waals surface area contributed by atoms with Crippen molar-refractivity contribution in [1.29, 1.82) is 0 Å². The van der Waals surface area contributed by atoms with E-state index in [1.54, 1.807) is 17.7 Å². The first-order chi connectivity index (χ1) is 10.3. The zero-order chi connectivity index (χ0) is 14.7. The van der Waals surface area contributed by atoms with Crippen LogP contribution in [0.4, 0.5) is 11.6 Å². The molecule has 112 valence electrons. The molecule has 0 aromatic carbocycles. The average molecular weight is 304 g/mol. The Kier molecular flexibility index (Phi) is 4.36. The first-order valence-electron chi connectivity index (χ1n) is 7.25. The van der Waals surface area contributed by atoms with Crippen LogP contribution < -0.4 is 10.2 Å². The van der Waals surface area contributed by atoms with Crippen LogP contribution in [0.5, 0.6) is 0 Å². The molecule has 0 saturated carbocycles. The van der Waals surface area contributed by atoms with Gasteiger partial charge in [0.15, 0.2) is 0 Å². The smallest absolute Gasteiger partial charge is 0.134 e. The van der Waals surface area contributed by atoms with E-state index in [1.165, 1.54) is 9.75 Å². The van der Waals surface area contributed by atoms with Crippen molar-refractivity contribution in [3.8, 4) is 0 Å². The normalized spacial score (nSPS) is 18.2. The van der Waals surface area contributed by atoms with Gasteiger partial charge in [0.25, 0.3) is 0 Å². The summed E-state index contributed by atoms with van der Waals surface area (Å²) in [5, 5.41) is 12.8. The third kappa shape index (κ3) is 3.33. The van der Waals surface area contributed by atoms with Gasteiger partial charge in [0.2, 0.25) is 0 Å². The van der Waals surface area contributed by atoms with Crippen LogP contribution in [0.2, 0.25) is 0 Å². The van der Waals surface area contributed by atoms with Crippen molar-refractivity contribution in [2.45, 2.75) is 32.4 Å². The van der Waals surface area contributed by atoms with E-state index in [1.807, 2.05) is 6.07 Å². The molecule has 0 amide bonds. The van der Waals surface area contributed by atoms with Gasteiger partial charge in [0, 0.05) is 22.4 Å². The van der Waals surface area contributed by atoms with Gasteiger partial charge in [-0.1, -0.05) is 0 Å². The van der Waals surface area contributed by atoms with Gasteiger partial charge < -0.3 is 15.3 Å². The number of anilines is 2. The van der Waals surface area contributed by atoms with Crippen LogP contribution in [-0.2, 0) is 6.54 Å². The highest BCUT2D eigenvalue weighted by molar-refractivity contribution is 7.11. The van der Waals surface area contributed by atoms with Gasteiger partial charge in [-0.15, -0.1) is 11.3 Å². The van der Waals surface area contributed by atoms with E-state index in [2.05, 4.69) is 39.2 Å². The fraction of sp³-hybridized carbons (Fsp3) is 0.467. The number of aliphatic hydroxyl groups excluding tert-OH is 1. The zero-order valence-corrected chi connectivity index (χ0v) is 12.9. The minimum Gasteiger partial charge on any atom is -0.394 e. The maximum absolute atomic E-state index is 9.42. The largest absolute Gasteiger partial charge is 0.394 e. The van der Waals surface area contributed by atoms with E-state index >= 15 is 0 Å². The Labute approximate surface area is 128 Å². The molecule has 0 unspecified atom stereocenters. The SMILES string of the molecule is Cc1ccc(CNc2cc(N3CCC[C@H]3CO)ncn2)s1. The molecule has 5 nitrogen and oxygen atoms in total. The van der Waals surface area contributed by atoms with E-state index in [0.717, 1.165) is 37.6 Å². The topological polar surface area (TPSA) is 61.3 Å². The van der Waals surface area contributed by atoms with E-state index in [0.29, 0.717) is 0 Å². The first-order valence-corrected chi connectivity index (χ1v) is 8.06. The van der Waals surface area contributed by atoms with Crippen molar-refractivity contribution >= 4 is 23.0 Å². The van der Waals surface area contributed by atoms with Crippen molar-refractivity contribution in [2.75, 3.05) is 23.4 Å². The Balaban J connectivity index is 1.68. The van der Waals surface area contributed by atoms with E-state index in [-0.39, 0.29) is 12.6 Å². The number of aliphatic hydroxyl groups is 1. The molecule has 1 saturated heterocycles. The second kappa shape index (κ2) is 6.41. The molecule has 1 aliphatic rings. The molecule has 2 aromatic rings. The van der Waals surface area contributed by atoms with Crippen LogP contribution in [0.25, 0.3) is 0 Å². The summed E-state index contributed by atoms with van der Waals surface area (Å²) in [5.74, 6) is 1.72. The second-order valence-corrected chi connectivity index (χ2v) is 6.67. The van der Waals surface area contributed by atoms with Gasteiger partial charge in [-0.25, -0.2) is 9.97 Å². The lowest BCUT2D eigenvalue weighted by atomic mass is 10.2. The maximum Gasteiger partial charge on any atom is 0.134 e. The predicted octanol–water partition coefficient (Wildman–Crippen LogP) is 2.42. The Bertz CT molecular complexity index is 601. The van der Waals surface area contributed by atoms with Crippen molar-refractivity contribution in [3.05, 3.63) is 34.3 Å². The van der Waals surface area contributed by atoms with Crippen molar-refractivity contribution in [2.24, 2.45) is 0 Å². The van der Waals surface area contributed by atoms with Gasteiger partial charge in [0.1, 0.15) is 18.0 Å². The highest BCUT2D eigenvalue weighted by Gasteiger charge is 2.25. The van der Waals surface area contributed by atoms with Gasteiger partial charge in [-0.05, 0) is 31.9 Å². The fourth-order valence-corrected chi connectivity index (χ4v) is 3.52. The minimum absolute atomic E-state index is 0.182. The molecule has 0 spiro atoms. The molecular weight excluding hydrogens is 284 g/mol. The molecule has 0 aliphatic carbocycles. The van der Waals surface area contributed by atoms with Crippen LogP contribution in [0, 0.1) is 6.92 Å². The predicted molar refractivity (Wildman–Crippen MR) is 85.9 cm³/mol. The monoisotopic (exact) mass is 304 g/mol. The molecule has 0 bridgehead atoms.